The Hall–Kier alpha value is -4.67. The predicted octanol–water partition coefficient (Wildman–Crippen LogP) is 4.04. The Kier molecular flexibility index (Phi) is 7.66. The molecule has 0 aliphatic carbocycles. The fraction of sp³-hybridized carbons (Fsp3) is 0.258. The van der Waals surface area contributed by atoms with E-state index in [1.807, 2.05) is 55.5 Å². The van der Waals surface area contributed by atoms with Crippen molar-refractivity contribution in [2.24, 2.45) is 0 Å². The molecular weight excluding hydrogens is 520 g/mol. The lowest BCUT2D eigenvalue weighted by atomic mass is 10.1. The molecule has 0 radical (unpaired) electrons. The molecule has 4 heterocycles. The summed E-state index contributed by atoms with van der Waals surface area (Å²) in [5, 5.41) is 8.12. The molecule has 2 aromatic carbocycles. The number of hydrogen-bond acceptors (Lipinski definition) is 6. The van der Waals surface area contributed by atoms with Crippen LogP contribution in [0.25, 0.3) is 22.2 Å². The van der Waals surface area contributed by atoms with Crippen LogP contribution in [0.15, 0.2) is 78.0 Å². The highest BCUT2D eigenvalue weighted by atomic mass is 16.5. The molecule has 0 saturated carbocycles. The van der Waals surface area contributed by atoms with Crippen molar-refractivity contribution in [3.63, 3.8) is 0 Å². The highest BCUT2D eigenvalue weighted by Crippen LogP contribution is 2.27. The van der Waals surface area contributed by atoms with Gasteiger partial charge in [0.05, 0.1) is 48.5 Å². The fourth-order valence-electron chi connectivity index (χ4n) is 4.87. The molecule has 1 aliphatic heterocycles. The minimum Gasteiger partial charge on any atom is -0.492 e. The Labute approximate surface area is 236 Å². The topological polar surface area (TPSA) is 117 Å². The number of nitrogens with one attached hydrogen (secondary N) is 3. The summed E-state index contributed by atoms with van der Waals surface area (Å²) in [6, 6.07) is 17.6. The zero-order chi connectivity index (χ0) is 28.2. The number of hydrogen-bond donors (Lipinski definition) is 3. The Morgan fingerprint density at radius 2 is 1.93 bits per heavy atom. The highest BCUT2D eigenvalue weighted by Gasteiger charge is 2.14. The molecule has 10 heteroatoms. The van der Waals surface area contributed by atoms with Crippen LogP contribution in [0.5, 0.6) is 5.75 Å². The van der Waals surface area contributed by atoms with Gasteiger partial charge >= 0.3 is 0 Å². The number of benzene rings is 2. The van der Waals surface area contributed by atoms with Gasteiger partial charge in [-0.05, 0) is 42.8 Å². The quantitative estimate of drug-likeness (QED) is 0.254. The normalized spacial score (nSPS) is 13.9. The van der Waals surface area contributed by atoms with E-state index in [1.54, 1.807) is 16.9 Å². The first-order chi connectivity index (χ1) is 20.0. The molecule has 41 heavy (non-hydrogen) atoms. The third-order valence-corrected chi connectivity index (χ3v) is 7.18. The molecule has 0 atom stereocenters. The summed E-state index contributed by atoms with van der Waals surface area (Å²) in [4.78, 5) is 34.0. The van der Waals surface area contributed by atoms with E-state index in [0.717, 1.165) is 55.1 Å². The van der Waals surface area contributed by atoms with Gasteiger partial charge in [-0.2, -0.15) is 5.10 Å². The maximum atomic E-state index is 12.9. The number of ether oxygens (including phenoxy) is 2. The summed E-state index contributed by atoms with van der Waals surface area (Å²) >= 11 is 0. The Bertz CT molecular complexity index is 1710. The zero-order valence-corrected chi connectivity index (χ0v) is 22.9. The third kappa shape index (κ3) is 6.40. The largest absolute Gasteiger partial charge is 0.492 e. The van der Waals surface area contributed by atoms with Gasteiger partial charge in [0.1, 0.15) is 12.4 Å². The van der Waals surface area contributed by atoms with E-state index in [-0.39, 0.29) is 11.5 Å². The lowest BCUT2D eigenvalue weighted by Crippen LogP contribution is -2.38. The molecule has 1 aliphatic rings. The summed E-state index contributed by atoms with van der Waals surface area (Å²) in [5.74, 6) is 0.461. The van der Waals surface area contributed by atoms with Crippen molar-refractivity contribution >= 4 is 22.5 Å². The highest BCUT2D eigenvalue weighted by molar-refractivity contribution is 6.04. The Balaban J connectivity index is 1.12. The van der Waals surface area contributed by atoms with Crippen LogP contribution in [0, 0.1) is 6.92 Å². The van der Waals surface area contributed by atoms with Crippen LogP contribution in [-0.2, 0) is 11.3 Å². The molecule has 0 bridgehead atoms. The smallest absolute Gasteiger partial charge is 0.258 e. The van der Waals surface area contributed by atoms with Crippen molar-refractivity contribution in [2.45, 2.75) is 13.5 Å². The minimum absolute atomic E-state index is 0.262. The van der Waals surface area contributed by atoms with Crippen molar-refractivity contribution < 1.29 is 14.3 Å². The van der Waals surface area contributed by atoms with E-state index in [9.17, 15) is 9.59 Å². The third-order valence-electron chi connectivity index (χ3n) is 7.18. The van der Waals surface area contributed by atoms with Gasteiger partial charge in [-0.25, -0.2) is 0 Å². The predicted molar refractivity (Wildman–Crippen MR) is 158 cm³/mol. The van der Waals surface area contributed by atoms with Crippen molar-refractivity contribution in [2.75, 3.05) is 44.8 Å². The second-order valence-corrected chi connectivity index (χ2v) is 10.2. The van der Waals surface area contributed by atoms with Crippen molar-refractivity contribution in [1.82, 2.24) is 24.6 Å². The SMILES string of the molecule is Cc1ccc(Cn2cc(C(=O)Nc3c[nH]c(=O)c(-c4cc5cc(OCCN6CCOCC6)ccc5[nH]4)c3)cn2)cc1. The first-order valence-corrected chi connectivity index (χ1v) is 13.7. The standard InChI is InChI=1S/C31H32N6O4/c1-21-2-4-22(5-3-21)19-37-20-24(17-33-37)30(38)34-25-16-27(31(39)32-18-25)29-15-23-14-26(6-7-28(23)35-29)41-13-10-36-8-11-40-12-9-36/h2-7,14-18,20,35H,8-13,19H2,1H3,(H,32,39)(H,34,38). The number of pyridine rings is 1. The molecule has 10 nitrogen and oxygen atoms in total. The number of carbonyl (C=O) groups excluding carboxylic acids is 1. The van der Waals surface area contributed by atoms with E-state index in [4.69, 9.17) is 9.47 Å². The van der Waals surface area contributed by atoms with Gasteiger partial charge in [-0.1, -0.05) is 29.8 Å². The van der Waals surface area contributed by atoms with Gasteiger partial charge < -0.3 is 24.8 Å². The molecule has 3 aromatic heterocycles. The van der Waals surface area contributed by atoms with Gasteiger partial charge in [0.15, 0.2) is 0 Å². The molecule has 210 valence electrons. The summed E-state index contributed by atoms with van der Waals surface area (Å²) < 4.78 is 13.1. The maximum absolute atomic E-state index is 12.9. The van der Waals surface area contributed by atoms with Crippen molar-refractivity contribution in [3.8, 4) is 17.0 Å². The van der Waals surface area contributed by atoms with Crippen LogP contribution < -0.4 is 15.6 Å². The molecule has 5 aromatic rings. The number of anilines is 1. The van der Waals surface area contributed by atoms with Crippen LogP contribution in [-0.4, -0.2) is 70.0 Å². The number of aromatic nitrogens is 4. The van der Waals surface area contributed by atoms with Crippen LogP contribution in [0.1, 0.15) is 21.5 Å². The molecule has 0 spiro atoms. The molecule has 3 N–H and O–H groups in total. The van der Waals surface area contributed by atoms with Crippen molar-refractivity contribution in [1.29, 1.82) is 0 Å². The van der Waals surface area contributed by atoms with Crippen molar-refractivity contribution in [3.05, 3.63) is 100 Å². The summed E-state index contributed by atoms with van der Waals surface area (Å²) in [7, 11) is 0. The number of nitrogens with zero attached hydrogens (tertiary/aromatic N) is 3. The lowest BCUT2D eigenvalue weighted by molar-refractivity contribution is 0.0322. The van der Waals surface area contributed by atoms with E-state index in [0.29, 0.717) is 35.7 Å². The molecule has 6 rings (SSSR count). The molecular formula is C31H32N6O4. The number of aromatic amines is 2. The van der Waals surface area contributed by atoms with Crippen LogP contribution in [0.4, 0.5) is 5.69 Å². The monoisotopic (exact) mass is 552 g/mol. The van der Waals surface area contributed by atoms with Crippen LogP contribution in [0.3, 0.4) is 0 Å². The Morgan fingerprint density at radius 1 is 1.10 bits per heavy atom. The number of H-pyrrole nitrogens is 2. The zero-order valence-electron chi connectivity index (χ0n) is 22.9. The molecule has 1 fully saturated rings. The summed E-state index contributed by atoms with van der Waals surface area (Å²) in [5.41, 5.74) is 4.88. The molecule has 1 saturated heterocycles. The Morgan fingerprint density at radius 3 is 2.76 bits per heavy atom. The number of aryl methyl sites for hydroxylation is 1. The number of amides is 1. The van der Waals surface area contributed by atoms with E-state index >= 15 is 0 Å². The molecule has 1 amide bonds. The van der Waals surface area contributed by atoms with Crippen LogP contribution in [0.2, 0.25) is 0 Å². The first-order valence-electron chi connectivity index (χ1n) is 13.7. The minimum atomic E-state index is -0.311. The average molecular weight is 553 g/mol. The second kappa shape index (κ2) is 11.8. The van der Waals surface area contributed by atoms with Gasteiger partial charge in [-0.15, -0.1) is 0 Å². The summed E-state index contributed by atoms with van der Waals surface area (Å²) in [6.07, 6.45) is 4.73. The number of morpholine rings is 1. The summed E-state index contributed by atoms with van der Waals surface area (Å²) in [6.45, 7) is 7.43. The van der Waals surface area contributed by atoms with E-state index in [1.165, 1.54) is 18.0 Å². The van der Waals surface area contributed by atoms with Gasteiger partial charge in [-0.3, -0.25) is 19.2 Å². The number of fused-ring (bicyclic) bond motifs is 1. The number of carbonyl (C=O) groups is 1. The van der Waals surface area contributed by atoms with Gasteiger partial charge in [0.2, 0.25) is 0 Å². The fourth-order valence-corrected chi connectivity index (χ4v) is 4.87. The first kappa shape index (κ1) is 26.5. The van der Waals surface area contributed by atoms with E-state index in [2.05, 4.69) is 25.3 Å². The van der Waals surface area contributed by atoms with Gasteiger partial charge in [0, 0.05) is 42.9 Å². The lowest BCUT2D eigenvalue weighted by Gasteiger charge is -2.26. The van der Waals surface area contributed by atoms with Gasteiger partial charge in [0.25, 0.3) is 11.5 Å². The molecule has 0 unspecified atom stereocenters. The second-order valence-electron chi connectivity index (χ2n) is 10.2. The van der Waals surface area contributed by atoms with Crippen LogP contribution >= 0.6 is 0 Å². The van der Waals surface area contributed by atoms with E-state index < -0.39 is 0 Å². The average Bonchev–Trinajstić information content (AvgIpc) is 3.63. The number of rotatable bonds is 9. The maximum Gasteiger partial charge on any atom is 0.258 e.